The number of pyridine rings is 1. The molecule has 0 unspecified atom stereocenters. The zero-order valence-corrected chi connectivity index (χ0v) is 12.8. The molecule has 110 valence electrons. The van der Waals surface area contributed by atoms with Crippen molar-refractivity contribution in [2.24, 2.45) is 5.14 Å². The van der Waals surface area contributed by atoms with Crippen molar-refractivity contribution in [2.45, 2.75) is 4.90 Å². The second-order valence-corrected chi connectivity index (χ2v) is 6.51. The van der Waals surface area contributed by atoms with Crippen LogP contribution in [-0.2, 0) is 10.0 Å². The smallest absolute Gasteiger partial charge is 0.257 e. The molecule has 0 aliphatic rings. The minimum Gasteiger partial charge on any atom is -0.319 e. The fraction of sp³-hybridized carbons (Fsp3) is 0. The first kappa shape index (κ1) is 15.5. The van der Waals surface area contributed by atoms with E-state index in [9.17, 15) is 17.6 Å². The molecule has 3 N–H and O–H groups in total. The van der Waals surface area contributed by atoms with Gasteiger partial charge in [0, 0.05) is 16.9 Å². The molecule has 1 aromatic carbocycles. The molecule has 21 heavy (non-hydrogen) atoms. The molecular formula is C12H9BrFN3O3S. The maximum Gasteiger partial charge on any atom is 0.257 e. The minimum atomic E-state index is -3.99. The number of carbonyl (C=O) groups is 1. The van der Waals surface area contributed by atoms with E-state index in [1.807, 2.05) is 0 Å². The maximum absolute atomic E-state index is 13.6. The Hall–Kier alpha value is -1.84. The van der Waals surface area contributed by atoms with Crippen LogP contribution in [0.15, 0.2) is 46.0 Å². The zero-order chi connectivity index (χ0) is 15.6. The van der Waals surface area contributed by atoms with Gasteiger partial charge in [0.05, 0.1) is 16.1 Å². The van der Waals surface area contributed by atoms with Gasteiger partial charge in [0.2, 0.25) is 10.0 Å². The number of carbonyl (C=O) groups excluding carboxylic acids is 1. The maximum atomic E-state index is 13.6. The van der Waals surface area contributed by atoms with Crippen molar-refractivity contribution >= 4 is 37.5 Å². The summed E-state index contributed by atoms with van der Waals surface area (Å²) in [6.07, 6.45) is 2.78. The number of sulfonamides is 1. The Labute approximate surface area is 128 Å². The topological polar surface area (TPSA) is 102 Å². The molecule has 2 rings (SSSR count). The average Bonchev–Trinajstić information content (AvgIpc) is 2.40. The standard InChI is InChI=1S/C12H9BrFN3O3S/c13-8-3-7(5-16-6-8)12(18)17-11-4-9(21(15,19)20)1-2-10(11)14/h1-6H,(H,17,18)(H2,15,19,20). The minimum absolute atomic E-state index is 0.185. The second kappa shape index (κ2) is 5.88. The molecule has 6 nitrogen and oxygen atoms in total. The molecule has 0 fully saturated rings. The summed E-state index contributed by atoms with van der Waals surface area (Å²) >= 11 is 3.16. The van der Waals surface area contributed by atoms with Gasteiger partial charge in [-0.05, 0) is 40.2 Å². The third-order valence-electron chi connectivity index (χ3n) is 2.48. The molecule has 0 saturated heterocycles. The number of rotatable bonds is 3. The van der Waals surface area contributed by atoms with Crippen LogP contribution in [0.25, 0.3) is 0 Å². The third-order valence-corrected chi connectivity index (χ3v) is 3.83. The number of hydrogen-bond acceptors (Lipinski definition) is 4. The van der Waals surface area contributed by atoms with Gasteiger partial charge in [-0.1, -0.05) is 0 Å². The van der Waals surface area contributed by atoms with Crippen LogP contribution in [-0.4, -0.2) is 19.3 Å². The first-order valence-electron chi connectivity index (χ1n) is 5.51. The molecule has 9 heteroatoms. The molecule has 2 aromatic rings. The lowest BCUT2D eigenvalue weighted by Crippen LogP contribution is -2.16. The number of benzene rings is 1. The summed E-state index contributed by atoms with van der Waals surface area (Å²) in [7, 11) is -3.99. The number of anilines is 1. The van der Waals surface area contributed by atoms with E-state index in [0.29, 0.717) is 4.47 Å². The van der Waals surface area contributed by atoms with Crippen molar-refractivity contribution in [1.82, 2.24) is 4.98 Å². The van der Waals surface area contributed by atoms with Gasteiger partial charge in [-0.15, -0.1) is 0 Å². The molecular weight excluding hydrogens is 365 g/mol. The SMILES string of the molecule is NS(=O)(=O)c1ccc(F)c(NC(=O)c2cncc(Br)c2)c1. The average molecular weight is 374 g/mol. The Morgan fingerprint density at radius 3 is 2.62 bits per heavy atom. The highest BCUT2D eigenvalue weighted by atomic mass is 79.9. The van der Waals surface area contributed by atoms with Crippen LogP contribution in [0.3, 0.4) is 0 Å². The van der Waals surface area contributed by atoms with Crippen molar-refractivity contribution in [3.8, 4) is 0 Å². The molecule has 0 bridgehead atoms. The zero-order valence-electron chi connectivity index (χ0n) is 10.4. The molecule has 0 radical (unpaired) electrons. The van der Waals surface area contributed by atoms with Crippen LogP contribution in [0, 0.1) is 5.82 Å². The summed E-state index contributed by atoms with van der Waals surface area (Å²) in [5, 5.41) is 7.23. The molecule has 0 saturated carbocycles. The fourth-order valence-corrected chi connectivity index (χ4v) is 2.41. The van der Waals surface area contributed by atoms with Crippen molar-refractivity contribution in [3.05, 3.63) is 52.5 Å². The van der Waals surface area contributed by atoms with Crippen molar-refractivity contribution < 1.29 is 17.6 Å². The van der Waals surface area contributed by atoms with Gasteiger partial charge in [-0.3, -0.25) is 9.78 Å². The largest absolute Gasteiger partial charge is 0.319 e. The predicted octanol–water partition coefficient (Wildman–Crippen LogP) is 1.88. The van der Waals surface area contributed by atoms with E-state index in [1.54, 1.807) is 0 Å². The predicted molar refractivity (Wildman–Crippen MR) is 77.7 cm³/mol. The summed E-state index contributed by atoms with van der Waals surface area (Å²) in [5.41, 5.74) is -0.101. The van der Waals surface area contributed by atoms with Crippen LogP contribution >= 0.6 is 15.9 Å². The van der Waals surface area contributed by atoms with Crippen molar-refractivity contribution in [1.29, 1.82) is 0 Å². The first-order chi connectivity index (χ1) is 9.77. The highest BCUT2D eigenvalue weighted by Crippen LogP contribution is 2.20. The van der Waals surface area contributed by atoms with E-state index in [-0.39, 0.29) is 16.1 Å². The number of nitrogens with zero attached hydrogens (tertiary/aromatic N) is 1. The van der Waals surface area contributed by atoms with Gasteiger partial charge in [0.15, 0.2) is 0 Å². The van der Waals surface area contributed by atoms with Crippen molar-refractivity contribution in [3.63, 3.8) is 0 Å². The lowest BCUT2D eigenvalue weighted by atomic mass is 10.2. The van der Waals surface area contributed by atoms with Crippen LogP contribution < -0.4 is 10.5 Å². The number of nitrogens with two attached hydrogens (primary N) is 1. The van der Waals surface area contributed by atoms with Gasteiger partial charge in [0.1, 0.15) is 5.82 Å². The first-order valence-corrected chi connectivity index (χ1v) is 7.85. The number of primary sulfonamides is 1. The number of amides is 1. The van der Waals surface area contributed by atoms with E-state index in [4.69, 9.17) is 5.14 Å². The number of aromatic nitrogens is 1. The summed E-state index contributed by atoms with van der Waals surface area (Å²) < 4.78 is 36.7. The molecule has 0 aliphatic carbocycles. The monoisotopic (exact) mass is 373 g/mol. The summed E-state index contributed by atoms with van der Waals surface area (Å²) in [6, 6.07) is 4.37. The molecule has 1 heterocycles. The summed E-state index contributed by atoms with van der Waals surface area (Å²) in [6.45, 7) is 0. The Bertz CT molecular complexity index is 811. The highest BCUT2D eigenvalue weighted by Gasteiger charge is 2.14. The van der Waals surface area contributed by atoms with Gasteiger partial charge >= 0.3 is 0 Å². The normalized spacial score (nSPS) is 11.2. The van der Waals surface area contributed by atoms with Gasteiger partial charge in [-0.2, -0.15) is 0 Å². The van der Waals surface area contributed by atoms with Crippen LogP contribution in [0.1, 0.15) is 10.4 Å². The van der Waals surface area contributed by atoms with Crippen LogP contribution in [0.5, 0.6) is 0 Å². The lowest BCUT2D eigenvalue weighted by Gasteiger charge is -2.08. The molecule has 1 amide bonds. The van der Waals surface area contributed by atoms with E-state index in [2.05, 4.69) is 26.2 Å². The molecule has 0 spiro atoms. The number of hydrogen-bond donors (Lipinski definition) is 2. The van der Waals surface area contributed by atoms with Crippen molar-refractivity contribution in [2.75, 3.05) is 5.32 Å². The van der Waals surface area contributed by atoms with Gasteiger partial charge < -0.3 is 5.32 Å². The second-order valence-electron chi connectivity index (χ2n) is 4.03. The Morgan fingerprint density at radius 2 is 2.00 bits per heavy atom. The fourth-order valence-electron chi connectivity index (χ4n) is 1.51. The van der Waals surface area contributed by atoms with Crippen LogP contribution in [0.2, 0.25) is 0 Å². The number of halogens is 2. The lowest BCUT2D eigenvalue weighted by molar-refractivity contribution is 0.102. The Balaban J connectivity index is 2.33. The van der Waals surface area contributed by atoms with E-state index in [1.165, 1.54) is 18.5 Å². The van der Waals surface area contributed by atoms with E-state index >= 15 is 0 Å². The third kappa shape index (κ3) is 3.84. The quantitative estimate of drug-likeness (QED) is 0.857. The number of nitrogens with one attached hydrogen (secondary N) is 1. The van der Waals surface area contributed by atoms with Gasteiger partial charge in [-0.25, -0.2) is 17.9 Å². The summed E-state index contributed by atoms with van der Waals surface area (Å²) in [5.74, 6) is -1.41. The molecule has 1 aromatic heterocycles. The van der Waals surface area contributed by atoms with E-state index < -0.39 is 21.7 Å². The Kier molecular flexibility index (Phi) is 4.35. The molecule has 0 atom stereocenters. The van der Waals surface area contributed by atoms with E-state index in [0.717, 1.165) is 18.2 Å². The Morgan fingerprint density at radius 1 is 1.29 bits per heavy atom. The molecule has 0 aliphatic heterocycles. The van der Waals surface area contributed by atoms with Crippen LogP contribution in [0.4, 0.5) is 10.1 Å². The summed E-state index contributed by atoms with van der Waals surface area (Å²) in [4.78, 5) is 15.5. The highest BCUT2D eigenvalue weighted by molar-refractivity contribution is 9.10. The van der Waals surface area contributed by atoms with Gasteiger partial charge in [0.25, 0.3) is 5.91 Å².